The normalized spacial score (nSPS) is 15.3. The van der Waals surface area contributed by atoms with Crippen LogP contribution in [0.2, 0.25) is 0 Å². The standard InChI is InChI=1S/C28H22BrIN2O5S/c1-3-35-18-12-10-17(11-13-18)24-22(27(34)36-4-2)23(16-8-6-5-7-9-16)31-28-32(24)26(33)21(38-28)15-19-14-20(29)25(30)37-19/h5-15,24H,3-4H2,1-2H3/b21-15+/t24-/m0/s1. The number of thiazole rings is 1. The summed E-state index contributed by atoms with van der Waals surface area (Å²) in [5.74, 6) is 0.719. The first-order valence-electron chi connectivity index (χ1n) is 11.9. The second-order valence-corrected chi connectivity index (χ2v) is 11.0. The fourth-order valence-electron chi connectivity index (χ4n) is 4.23. The maximum Gasteiger partial charge on any atom is 0.338 e. The second kappa shape index (κ2) is 11.4. The molecule has 10 heteroatoms. The number of aromatic nitrogens is 1. The van der Waals surface area contributed by atoms with Crippen LogP contribution in [-0.4, -0.2) is 23.8 Å². The van der Waals surface area contributed by atoms with E-state index < -0.39 is 12.0 Å². The van der Waals surface area contributed by atoms with E-state index in [9.17, 15) is 9.59 Å². The molecule has 0 amide bonds. The van der Waals surface area contributed by atoms with Crippen LogP contribution in [-0.2, 0) is 9.53 Å². The lowest BCUT2D eigenvalue weighted by atomic mass is 9.93. The summed E-state index contributed by atoms with van der Waals surface area (Å²) in [6.45, 7) is 4.39. The molecule has 5 rings (SSSR count). The summed E-state index contributed by atoms with van der Waals surface area (Å²) in [4.78, 5) is 32.7. The lowest BCUT2D eigenvalue weighted by molar-refractivity contribution is -0.138. The zero-order valence-electron chi connectivity index (χ0n) is 20.4. The quantitative estimate of drug-likeness (QED) is 0.193. The zero-order valence-corrected chi connectivity index (χ0v) is 25.0. The molecule has 2 aromatic carbocycles. The topological polar surface area (TPSA) is 83.0 Å². The molecule has 0 unspecified atom stereocenters. The first-order chi connectivity index (χ1) is 18.4. The molecule has 0 fully saturated rings. The first-order valence-corrected chi connectivity index (χ1v) is 14.6. The molecule has 1 aliphatic heterocycles. The van der Waals surface area contributed by atoms with Crippen LogP contribution < -0.4 is 19.6 Å². The van der Waals surface area contributed by atoms with Gasteiger partial charge in [-0.15, -0.1) is 0 Å². The molecule has 0 N–H and O–H groups in total. The zero-order chi connectivity index (χ0) is 26.8. The van der Waals surface area contributed by atoms with Gasteiger partial charge in [-0.2, -0.15) is 0 Å². The van der Waals surface area contributed by atoms with Crippen molar-refractivity contribution in [2.75, 3.05) is 13.2 Å². The minimum absolute atomic E-state index is 0.191. The summed E-state index contributed by atoms with van der Waals surface area (Å²) in [5.41, 5.74) is 2.00. The summed E-state index contributed by atoms with van der Waals surface area (Å²) < 4.78 is 20.4. The Hall–Kier alpha value is -2.96. The molecule has 194 valence electrons. The lowest BCUT2D eigenvalue weighted by Crippen LogP contribution is -2.40. The number of hydrogen-bond acceptors (Lipinski definition) is 7. The summed E-state index contributed by atoms with van der Waals surface area (Å²) >= 11 is 6.77. The fraction of sp³-hybridized carbons (Fsp3) is 0.179. The largest absolute Gasteiger partial charge is 0.494 e. The summed E-state index contributed by atoms with van der Waals surface area (Å²) in [6.07, 6.45) is 1.70. The molecule has 0 bridgehead atoms. The van der Waals surface area contributed by atoms with E-state index in [0.29, 0.717) is 42.5 Å². The van der Waals surface area contributed by atoms with Gasteiger partial charge in [0.15, 0.2) is 8.57 Å². The van der Waals surface area contributed by atoms with Crippen molar-refractivity contribution in [3.63, 3.8) is 0 Å². The van der Waals surface area contributed by atoms with E-state index in [4.69, 9.17) is 18.9 Å². The molecule has 0 radical (unpaired) electrons. The number of nitrogens with zero attached hydrogens (tertiary/aromatic N) is 2. The highest BCUT2D eigenvalue weighted by Crippen LogP contribution is 2.35. The Kier molecular flexibility index (Phi) is 8.01. The van der Waals surface area contributed by atoms with Crippen molar-refractivity contribution in [1.82, 2.24) is 4.57 Å². The number of benzene rings is 2. The number of carbonyl (C=O) groups is 1. The van der Waals surface area contributed by atoms with Crippen LogP contribution in [0.5, 0.6) is 5.75 Å². The minimum atomic E-state index is -0.748. The van der Waals surface area contributed by atoms with Crippen molar-refractivity contribution >= 4 is 67.6 Å². The Morgan fingerprint density at radius 1 is 1.16 bits per heavy atom. The number of furan rings is 1. The van der Waals surface area contributed by atoms with E-state index in [1.165, 1.54) is 11.3 Å². The van der Waals surface area contributed by atoms with Crippen molar-refractivity contribution in [2.24, 2.45) is 4.99 Å². The second-order valence-electron chi connectivity index (χ2n) is 8.20. The fourth-order valence-corrected chi connectivity index (χ4v) is 5.93. The van der Waals surface area contributed by atoms with Gasteiger partial charge < -0.3 is 13.9 Å². The summed E-state index contributed by atoms with van der Waals surface area (Å²) in [7, 11) is 0. The number of halogens is 2. The number of carbonyl (C=O) groups excluding carboxylic acids is 1. The third-order valence-electron chi connectivity index (χ3n) is 5.82. The van der Waals surface area contributed by atoms with Gasteiger partial charge in [0.05, 0.1) is 39.5 Å². The van der Waals surface area contributed by atoms with E-state index in [2.05, 4.69) is 38.5 Å². The minimum Gasteiger partial charge on any atom is -0.494 e. The third-order valence-corrected chi connectivity index (χ3v) is 8.93. The average molecular weight is 705 g/mol. The molecular formula is C28H22BrIN2O5S. The first kappa shape index (κ1) is 26.6. The molecule has 3 heterocycles. The Labute approximate surface area is 244 Å². The van der Waals surface area contributed by atoms with Crippen LogP contribution in [0.4, 0.5) is 0 Å². The highest BCUT2D eigenvalue weighted by Gasteiger charge is 2.35. The molecule has 1 atom stereocenters. The van der Waals surface area contributed by atoms with E-state index in [1.807, 2.05) is 67.6 Å². The Morgan fingerprint density at radius 2 is 1.89 bits per heavy atom. The average Bonchev–Trinajstić information content (AvgIpc) is 3.41. The van der Waals surface area contributed by atoms with E-state index in [1.54, 1.807) is 17.6 Å². The smallest absolute Gasteiger partial charge is 0.338 e. The maximum atomic E-state index is 13.9. The molecule has 7 nitrogen and oxygen atoms in total. The third kappa shape index (κ3) is 5.16. The van der Waals surface area contributed by atoms with Gasteiger partial charge in [0.25, 0.3) is 5.56 Å². The van der Waals surface area contributed by atoms with Crippen LogP contribution in [0.1, 0.15) is 36.8 Å². The van der Waals surface area contributed by atoms with Crippen LogP contribution in [0.3, 0.4) is 0 Å². The molecular weight excluding hydrogens is 683 g/mol. The van der Waals surface area contributed by atoms with Gasteiger partial charge in [-0.1, -0.05) is 53.8 Å². The van der Waals surface area contributed by atoms with Crippen molar-refractivity contribution in [1.29, 1.82) is 0 Å². The van der Waals surface area contributed by atoms with Crippen molar-refractivity contribution in [2.45, 2.75) is 19.9 Å². The van der Waals surface area contributed by atoms with Gasteiger partial charge in [0.2, 0.25) is 0 Å². The van der Waals surface area contributed by atoms with Gasteiger partial charge >= 0.3 is 5.97 Å². The molecule has 4 aromatic rings. The number of ether oxygens (including phenoxy) is 2. The van der Waals surface area contributed by atoms with Gasteiger partial charge in [-0.3, -0.25) is 9.36 Å². The summed E-state index contributed by atoms with van der Waals surface area (Å²) in [5, 5.41) is 0. The highest BCUT2D eigenvalue weighted by molar-refractivity contribution is 14.1. The Bertz CT molecular complexity index is 1680. The van der Waals surface area contributed by atoms with E-state index in [0.717, 1.165) is 15.6 Å². The van der Waals surface area contributed by atoms with Gasteiger partial charge in [-0.25, -0.2) is 9.79 Å². The van der Waals surface area contributed by atoms with Crippen LogP contribution in [0, 0.1) is 3.77 Å². The number of esters is 1. The molecule has 2 aromatic heterocycles. The van der Waals surface area contributed by atoms with Crippen molar-refractivity contribution < 1.29 is 18.7 Å². The van der Waals surface area contributed by atoms with Gasteiger partial charge in [0, 0.05) is 34.2 Å². The van der Waals surface area contributed by atoms with Crippen molar-refractivity contribution in [3.8, 4) is 5.75 Å². The molecule has 1 aliphatic rings. The number of hydrogen-bond donors (Lipinski definition) is 0. The summed E-state index contributed by atoms with van der Waals surface area (Å²) in [6, 6.07) is 17.9. The number of rotatable bonds is 7. The monoisotopic (exact) mass is 704 g/mol. The molecule has 0 saturated carbocycles. The Morgan fingerprint density at radius 3 is 2.53 bits per heavy atom. The molecule has 0 spiro atoms. The molecule has 0 saturated heterocycles. The van der Waals surface area contributed by atoms with Crippen LogP contribution in [0.25, 0.3) is 11.8 Å². The SMILES string of the molecule is CCOC(=O)C1=C(c2ccccc2)N=c2s/c(=C/c3cc(Br)c(I)o3)c(=O)n2[C@H]1c1ccc(OCC)cc1. The predicted octanol–water partition coefficient (Wildman–Crippen LogP) is 5.29. The molecule has 0 aliphatic carbocycles. The molecule has 38 heavy (non-hydrogen) atoms. The lowest BCUT2D eigenvalue weighted by Gasteiger charge is -2.26. The number of fused-ring (bicyclic) bond motifs is 1. The maximum absolute atomic E-state index is 13.9. The van der Waals surface area contributed by atoms with E-state index >= 15 is 0 Å². The highest BCUT2D eigenvalue weighted by atomic mass is 127. The van der Waals surface area contributed by atoms with Crippen molar-refractivity contribution in [3.05, 3.63) is 111 Å². The van der Waals surface area contributed by atoms with Crippen LogP contribution in [0.15, 0.2) is 84.9 Å². The van der Waals surface area contributed by atoms with E-state index in [-0.39, 0.29) is 12.2 Å². The predicted molar refractivity (Wildman–Crippen MR) is 158 cm³/mol. The van der Waals surface area contributed by atoms with Crippen LogP contribution >= 0.6 is 49.9 Å². The van der Waals surface area contributed by atoms with Gasteiger partial charge in [-0.05, 0) is 53.5 Å². The van der Waals surface area contributed by atoms with Gasteiger partial charge in [0.1, 0.15) is 11.5 Å². The Balaban J connectivity index is 1.80.